The molecule has 0 spiro atoms. The molecule has 0 amide bonds. The average molecular weight is 178 g/mol. The largest absolute Gasteiger partial charge is 0.371 e. The van der Waals surface area contributed by atoms with E-state index < -0.39 is 0 Å². The zero-order valence-electron chi connectivity index (χ0n) is 8.37. The highest BCUT2D eigenvalue weighted by molar-refractivity contribution is 5.19. The first-order valence-electron chi connectivity index (χ1n) is 5.53. The minimum atomic E-state index is 0.784. The summed E-state index contributed by atoms with van der Waals surface area (Å²) in [4.78, 5) is 5.29. The van der Waals surface area contributed by atoms with E-state index in [1.54, 1.807) is 5.70 Å². The van der Waals surface area contributed by atoms with Crippen molar-refractivity contribution in [3.05, 3.63) is 11.8 Å². The molecular weight excluding hydrogens is 160 g/mol. The van der Waals surface area contributed by atoms with Gasteiger partial charge in [-0.05, 0) is 18.8 Å². The number of rotatable bonds is 0. The summed E-state index contributed by atoms with van der Waals surface area (Å²) in [6.07, 6.45) is 5.18. The van der Waals surface area contributed by atoms with E-state index in [2.05, 4.69) is 22.8 Å². The molecule has 0 saturated carbocycles. The van der Waals surface area contributed by atoms with Gasteiger partial charge in [0.1, 0.15) is 0 Å². The fourth-order valence-corrected chi connectivity index (χ4v) is 3.02. The molecule has 3 heterocycles. The predicted octanol–water partition coefficient (Wildman–Crippen LogP) is 1.30. The van der Waals surface area contributed by atoms with Crippen LogP contribution in [-0.2, 0) is 0 Å². The summed E-state index contributed by atoms with van der Waals surface area (Å²) in [5.41, 5.74) is 1.65. The van der Waals surface area contributed by atoms with E-state index in [9.17, 15) is 0 Å². The number of nitrogens with zero attached hydrogens (tertiary/aromatic N) is 2. The first kappa shape index (κ1) is 7.86. The van der Waals surface area contributed by atoms with Crippen molar-refractivity contribution in [1.82, 2.24) is 9.80 Å². The second-order valence-electron chi connectivity index (χ2n) is 4.74. The molecule has 0 N–H and O–H groups in total. The van der Waals surface area contributed by atoms with Gasteiger partial charge in [-0.15, -0.1) is 0 Å². The van der Waals surface area contributed by atoms with Gasteiger partial charge in [0.05, 0.1) is 0 Å². The van der Waals surface area contributed by atoms with Crippen molar-refractivity contribution in [2.75, 3.05) is 26.2 Å². The van der Waals surface area contributed by atoms with E-state index in [-0.39, 0.29) is 0 Å². The van der Waals surface area contributed by atoms with Crippen LogP contribution in [0.4, 0.5) is 0 Å². The van der Waals surface area contributed by atoms with Gasteiger partial charge >= 0.3 is 0 Å². The smallest absolute Gasteiger partial charge is 0.0498 e. The molecule has 2 bridgehead atoms. The molecule has 0 radical (unpaired) electrons. The number of allylic oxidation sites excluding steroid dienone is 1. The van der Waals surface area contributed by atoms with Crippen LogP contribution in [0.3, 0.4) is 0 Å². The van der Waals surface area contributed by atoms with E-state index >= 15 is 0 Å². The van der Waals surface area contributed by atoms with Gasteiger partial charge in [-0.3, -0.25) is 4.90 Å². The summed E-state index contributed by atoms with van der Waals surface area (Å²) >= 11 is 0. The van der Waals surface area contributed by atoms with Crippen LogP contribution in [0.25, 0.3) is 0 Å². The Hall–Kier alpha value is -0.500. The summed E-state index contributed by atoms with van der Waals surface area (Å²) in [6, 6.07) is 0.784. The van der Waals surface area contributed by atoms with Crippen molar-refractivity contribution in [3.8, 4) is 0 Å². The first-order valence-corrected chi connectivity index (χ1v) is 5.53. The zero-order chi connectivity index (χ0) is 8.84. The van der Waals surface area contributed by atoms with Gasteiger partial charge in [0.15, 0.2) is 0 Å². The van der Waals surface area contributed by atoms with Crippen LogP contribution in [0, 0.1) is 5.92 Å². The van der Waals surface area contributed by atoms with Crippen molar-refractivity contribution in [2.24, 2.45) is 5.92 Å². The average Bonchev–Trinajstić information content (AvgIpc) is 2.19. The number of hydrogen-bond donors (Lipinski definition) is 0. The third-order valence-electron chi connectivity index (χ3n) is 3.82. The van der Waals surface area contributed by atoms with Gasteiger partial charge in [0.25, 0.3) is 0 Å². The number of piperazine rings is 3. The molecular formula is C11H18N2. The monoisotopic (exact) mass is 178 g/mol. The van der Waals surface area contributed by atoms with Crippen LogP contribution in [0.5, 0.6) is 0 Å². The van der Waals surface area contributed by atoms with Gasteiger partial charge in [-0.25, -0.2) is 0 Å². The predicted molar refractivity (Wildman–Crippen MR) is 53.4 cm³/mol. The van der Waals surface area contributed by atoms with Crippen molar-refractivity contribution >= 4 is 0 Å². The van der Waals surface area contributed by atoms with Crippen LogP contribution in [-0.4, -0.2) is 42.0 Å². The topological polar surface area (TPSA) is 6.48 Å². The Morgan fingerprint density at radius 2 is 2.00 bits per heavy atom. The highest BCUT2D eigenvalue weighted by Crippen LogP contribution is 2.34. The maximum absolute atomic E-state index is 2.68. The summed E-state index contributed by atoms with van der Waals surface area (Å²) in [7, 11) is 0. The molecule has 3 saturated heterocycles. The quantitative estimate of drug-likeness (QED) is 0.551. The Kier molecular flexibility index (Phi) is 1.66. The second-order valence-corrected chi connectivity index (χ2v) is 4.74. The standard InChI is InChI=1S/C11H18N2/c1-9-2-3-10-11(8-9)13-6-4-12(10)5-7-13/h3,9,11H,2,4-8H2,1H3. The molecule has 2 heteroatoms. The normalized spacial score (nSPS) is 43.0. The summed E-state index contributed by atoms with van der Waals surface area (Å²) < 4.78 is 0. The van der Waals surface area contributed by atoms with E-state index in [0.717, 1.165) is 12.0 Å². The molecule has 0 aromatic heterocycles. The maximum atomic E-state index is 2.68. The Balaban J connectivity index is 1.92. The minimum absolute atomic E-state index is 0.784. The molecule has 4 rings (SSSR count). The van der Waals surface area contributed by atoms with Gasteiger partial charge in [0.2, 0.25) is 0 Å². The highest BCUT2D eigenvalue weighted by Gasteiger charge is 2.37. The summed E-state index contributed by atoms with van der Waals surface area (Å²) in [5, 5.41) is 0. The lowest BCUT2D eigenvalue weighted by Gasteiger charge is -2.52. The first-order chi connectivity index (χ1) is 6.34. The van der Waals surface area contributed by atoms with Crippen molar-refractivity contribution < 1.29 is 0 Å². The Labute approximate surface area is 80.2 Å². The number of hydrogen-bond acceptors (Lipinski definition) is 2. The van der Waals surface area contributed by atoms with Crippen LogP contribution in [0.15, 0.2) is 11.8 Å². The van der Waals surface area contributed by atoms with Crippen LogP contribution < -0.4 is 0 Å². The summed E-state index contributed by atoms with van der Waals surface area (Å²) in [5.74, 6) is 0.897. The van der Waals surface area contributed by atoms with Crippen molar-refractivity contribution in [3.63, 3.8) is 0 Å². The van der Waals surface area contributed by atoms with Gasteiger partial charge in [0, 0.05) is 37.9 Å². The molecule has 0 aromatic carbocycles. The molecule has 2 unspecified atom stereocenters. The van der Waals surface area contributed by atoms with Crippen LogP contribution in [0.1, 0.15) is 19.8 Å². The van der Waals surface area contributed by atoms with E-state index in [1.807, 2.05) is 0 Å². The Bertz CT molecular complexity index is 238. The van der Waals surface area contributed by atoms with Gasteiger partial charge < -0.3 is 4.90 Å². The molecule has 4 aliphatic rings. The molecule has 1 aliphatic carbocycles. The molecule has 3 fully saturated rings. The van der Waals surface area contributed by atoms with Crippen LogP contribution >= 0.6 is 0 Å². The van der Waals surface area contributed by atoms with E-state index in [0.29, 0.717) is 0 Å². The Morgan fingerprint density at radius 3 is 2.77 bits per heavy atom. The maximum Gasteiger partial charge on any atom is 0.0498 e. The fraction of sp³-hybridized carbons (Fsp3) is 0.818. The molecule has 2 atom stereocenters. The molecule has 72 valence electrons. The summed E-state index contributed by atoms with van der Waals surface area (Å²) in [6.45, 7) is 7.53. The molecule has 0 aromatic rings. The van der Waals surface area contributed by atoms with Crippen LogP contribution in [0.2, 0.25) is 0 Å². The second kappa shape index (κ2) is 2.74. The molecule has 13 heavy (non-hydrogen) atoms. The number of fused-ring (bicyclic) bond motifs is 2. The lowest BCUT2D eigenvalue weighted by molar-refractivity contribution is 0.0393. The Morgan fingerprint density at radius 1 is 1.23 bits per heavy atom. The van der Waals surface area contributed by atoms with Gasteiger partial charge in [-0.1, -0.05) is 13.0 Å². The fourth-order valence-electron chi connectivity index (χ4n) is 3.02. The lowest BCUT2D eigenvalue weighted by atomic mass is 9.86. The zero-order valence-corrected chi connectivity index (χ0v) is 8.37. The third-order valence-corrected chi connectivity index (χ3v) is 3.82. The van der Waals surface area contributed by atoms with Crippen molar-refractivity contribution in [2.45, 2.75) is 25.8 Å². The van der Waals surface area contributed by atoms with Gasteiger partial charge in [-0.2, -0.15) is 0 Å². The minimum Gasteiger partial charge on any atom is -0.371 e. The van der Waals surface area contributed by atoms with E-state index in [1.165, 1.54) is 39.0 Å². The lowest BCUT2D eigenvalue weighted by Crippen LogP contribution is -2.60. The molecule has 2 nitrogen and oxygen atoms in total. The third kappa shape index (κ3) is 1.12. The SMILES string of the molecule is CC1CC=C2C(C1)N1CCN2CC1. The van der Waals surface area contributed by atoms with E-state index in [4.69, 9.17) is 0 Å². The molecule has 3 aliphatic heterocycles. The van der Waals surface area contributed by atoms with Crippen molar-refractivity contribution in [1.29, 1.82) is 0 Å². The highest BCUT2D eigenvalue weighted by atomic mass is 15.4.